The van der Waals surface area contributed by atoms with E-state index >= 15 is 0 Å². The van der Waals surface area contributed by atoms with E-state index in [0.29, 0.717) is 26.9 Å². The molecule has 7 heteroatoms. The fourth-order valence-electron chi connectivity index (χ4n) is 2.87. The third kappa shape index (κ3) is 4.87. The molecule has 152 valence electrons. The van der Waals surface area contributed by atoms with Crippen LogP contribution in [0, 0.1) is 0 Å². The summed E-state index contributed by atoms with van der Waals surface area (Å²) in [7, 11) is 1.53. The number of hydrogen-bond donors (Lipinski definition) is 1. The number of hydrogen-bond acceptors (Lipinski definition) is 3. The highest BCUT2D eigenvalue weighted by molar-refractivity contribution is 6.36. The van der Waals surface area contributed by atoms with Crippen molar-refractivity contribution >= 4 is 46.5 Å². The summed E-state index contributed by atoms with van der Waals surface area (Å²) in [6, 6.07) is 19.9. The van der Waals surface area contributed by atoms with E-state index in [2.05, 4.69) is 5.32 Å². The molecule has 0 saturated carbocycles. The lowest BCUT2D eigenvalue weighted by Gasteiger charge is -2.21. The van der Waals surface area contributed by atoms with Crippen LogP contribution in [0.15, 0.2) is 72.8 Å². The van der Waals surface area contributed by atoms with Crippen LogP contribution in [-0.2, 0) is 4.79 Å². The Morgan fingerprint density at radius 1 is 0.867 bits per heavy atom. The lowest BCUT2D eigenvalue weighted by molar-refractivity contribution is -0.117. The largest absolute Gasteiger partial charge is 0.343 e. The zero-order valence-corrected chi connectivity index (χ0v) is 17.6. The maximum Gasteiger partial charge on any atom is 0.251 e. The van der Waals surface area contributed by atoms with Crippen LogP contribution in [0.1, 0.15) is 26.3 Å². The molecule has 0 fully saturated rings. The minimum absolute atomic E-state index is 0.230. The van der Waals surface area contributed by atoms with Crippen LogP contribution in [0.4, 0.5) is 5.69 Å². The molecular weight excluding hydrogens is 423 g/mol. The van der Waals surface area contributed by atoms with Crippen LogP contribution < -0.4 is 10.2 Å². The zero-order chi connectivity index (χ0) is 21.7. The number of benzene rings is 3. The van der Waals surface area contributed by atoms with Gasteiger partial charge in [-0.3, -0.25) is 14.4 Å². The van der Waals surface area contributed by atoms with Crippen LogP contribution >= 0.6 is 23.2 Å². The molecule has 2 amide bonds. The number of nitrogens with zero attached hydrogens (tertiary/aromatic N) is 1. The molecule has 0 radical (unpaired) electrons. The van der Waals surface area contributed by atoms with Crippen LogP contribution in [0.5, 0.6) is 0 Å². The van der Waals surface area contributed by atoms with E-state index < -0.39 is 5.91 Å². The van der Waals surface area contributed by atoms with Gasteiger partial charge in [0.1, 0.15) is 0 Å². The van der Waals surface area contributed by atoms with E-state index in [9.17, 15) is 14.4 Å². The van der Waals surface area contributed by atoms with E-state index in [1.165, 1.54) is 18.0 Å². The number of amides is 2. The van der Waals surface area contributed by atoms with Crippen molar-refractivity contribution in [3.63, 3.8) is 0 Å². The monoisotopic (exact) mass is 440 g/mol. The highest BCUT2D eigenvalue weighted by Gasteiger charge is 2.22. The number of carbonyl (C=O) groups excluding carboxylic acids is 3. The first-order valence-electron chi connectivity index (χ1n) is 9.07. The number of anilines is 1. The molecule has 0 unspecified atom stereocenters. The normalized spacial score (nSPS) is 10.4. The predicted molar refractivity (Wildman–Crippen MR) is 119 cm³/mol. The Kier molecular flexibility index (Phi) is 6.87. The summed E-state index contributed by atoms with van der Waals surface area (Å²) >= 11 is 12.3. The first-order chi connectivity index (χ1) is 14.4. The summed E-state index contributed by atoms with van der Waals surface area (Å²) in [5, 5.41) is 3.25. The molecule has 0 heterocycles. The molecule has 3 aromatic rings. The van der Waals surface area contributed by atoms with E-state index in [1.54, 1.807) is 66.7 Å². The first-order valence-corrected chi connectivity index (χ1v) is 9.82. The van der Waals surface area contributed by atoms with Crippen molar-refractivity contribution in [3.8, 4) is 0 Å². The van der Waals surface area contributed by atoms with E-state index in [1.807, 2.05) is 0 Å². The molecule has 0 aliphatic heterocycles. The molecule has 0 aliphatic carbocycles. The Bertz CT molecular complexity index is 1100. The predicted octanol–water partition coefficient (Wildman–Crippen LogP) is 4.62. The summed E-state index contributed by atoms with van der Waals surface area (Å²) in [6.07, 6.45) is 0. The minimum Gasteiger partial charge on any atom is -0.343 e. The van der Waals surface area contributed by atoms with E-state index in [0.717, 1.165) is 0 Å². The number of ketones is 1. The van der Waals surface area contributed by atoms with E-state index in [-0.39, 0.29) is 23.8 Å². The van der Waals surface area contributed by atoms with Crippen molar-refractivity contribution in [1.82, 2.24) is 5.32 Å². The number of likely N-dealkylation sites (N-methyl/N-ethyl adjacent to an activating group) is 1. The summed E-state index contributed by atoms with van der Waals surface area (Å²) in [5.74, 6) is -1.11. The van der Waals surface area contributed by atoms with E-state index in [4.69, 9.17) is 23.2 Å². The Balaban J connectivity index is 1.81. The standard InChI is InChI=1S/C23H18Cl2N2O3/c1-27(21(28)14-26-23(30)15-7-3-2-4-8-15)20-12-11-16(24)13-18(20)22(29)17-9-5-6-10-19(17)25/h2-13H,14H2,1H3,(H,26,30). The topological polar surface area (TPSA) is 66.5 Å². The molecule has 0 atom stereocenters. The number of carbonyl (C=O) groups is 3. The lowest BCUT2D eigenvalue weighted by Crippen LogP contribution is -2.38. The molecule has 3 aromatic carbocycles. The molecule has 0 aromatic heterocycles. The Labute approximate surface area is 184 Å². The summed E-state index contributed by atoms with van der Waals surface area (Å²) < 4.78 is 0. The van der Waals surface area contributed by atoms with Crippen LogP contribution in [0.25, 0.3) is 0 Å². The second-order valence-corrected chi connectivity index (χ2v) is 7.32. The van der Waals surface area contributed by atoms with Gasteiger partial charge in [0.15, 0.2) is 5.78 Å². The van der Waals surface area contributed by atoms with Crippen molar-refractivity contribution in [1.29, 1.82) is 0 Å². The molecule has 0 bridgehead atoms. The van der Waals surface area contributed by atoms with Gasteiger partial charge in [0, 0.05) is 28.8 Å². The van der Waals surface area contributed by atoms with Gasteiger partial charge >= 0.3 is 0 Å². The molecule has 0 aliphatic rings. The number of nitrogens with one attached hydrogen (secondary N) is 1. The quantitative estimate of drug-likeness (QED) is 0.568. The Morgan fingerprint density at radius 2 is 1.53 bits per heavy atom. The van der Waals surface area contributed by atoms with Crippen molar-refractivity contribution in [3.05, 3.63) is 99.5 Å². The van der Waals surface area contributed by atoms with Crippen LogP contribution in [0.3, 0.4) is 0 Å². The van der Waals surface area contributed by atoms with Crippen LogP contribution in [0.2, 0.25) is 10.0 Å². The van der Waals surface area contributed by atoms with Gasteiger partial charge in [-0.05, 0) is 42.5 Å². The third-order valence-corrected chi connectivity index (χ3v) is 5.06. The van der Waals surface area contributed by atoms with Crippen LogP contribution in [-0.4, -0.2) is 31.2 Å². The number of rotatable bonds is 6. The van der Waals surface area contributed by atoms with Gasteiger partial charge in [0.2, 0.25) is 5.91 Å². The SMILES string of the molecule is CN(C(=O)CNC(=O)c1ccccc1)c1ccc(Cl)cc1C(=O)c1ccccc1Cl. The highest BCUT2D eigenvalue weighted by Crippen LogP contribution is 2.28. The average Bonchev–Trinajstić information content (AvgIpc) is 2.77. The summed E-state index contributed by atoms with van der Waals surface area (Å²) in [5.41, 5.74) is 1.36. The fourth-order valence-corrected chi connectivity index (χ4v) is 3.27. The smallest absolute Gasteiger partial charge is 0.251 e. The van der Waals surface area contributed by atoms with Gasteiger partial charge in [-0.25, -0.2) is 0 Å². The van der Waals surface area contributed by atoms with Crippen molar-refractivity contribution in [2.24, 2.45) is 0 Å². The minimum atomic E-state index is -0.394. The van der Waals surface area contributed by atoms with Gasteiger partial charge in [0.05, 0.1) is 17.3 Å². The Morgan fingerprint density at radius 3 is 2.23 bits per heavy atom. The molecule has 0 spiro atoms. The molecule has 0 saturated heterocycles. The summed E-state index contributed by atoms with van der Waals surface area (Å²) in [4.78, 5) is 39.2. The highest BCUT2D eigenvalue weighted by atomic mass is 35.5. The second-order valence-electron chi connectivity index (χ2n) is 6.47. The maximum absolute atomic E-state index is 13.1. The third-order valence-electron chi connectivity index (χ3n) is 4.49. The van der Waals surface area contributed by atoms with Gasteiger partial charge < -0.3 is 10.2 Å². The lowest BCUT2D eigenvalue weighted by atomic mass is 10.0. The van der Waals surface area contributed by atoms with Gasteiger partial charge in [0.25, 0.3) is 5.91 Å². The number of halogens is 2. The Hall–Kier alpha value is -3.15. The maximum atomic E-state index is 13.1. The van der Waals surface area contributed by atoms with Crippen molar-refractivity contribution in [2.75, 3.05) is 18.5 Å². The first kappa shape index (κ1) is 21.6. The molecule has 30 heavy (non-hydrogen) atoms. The van der Waals surface area contributed by atoms with Crippen molar-refractivity contribution in [2.45, 2.75) is 0 Å². The van der Waals surface area contributed by atoms with Crippen molar-refractivity contribution < 1.29 is 14.4 Å². The summed E-state index contributed by atoms with van der Waals surface area (Å²) in [6.45, 7) is -0.230. The average molecular weight is 441 g/mol. The fraction of sp³-hybridized carbons (Fsp3) is 0.0870. The molecule has 5 nitrogen and oxygen atoms in total. The molecule has 1 N–H and O–H groups in total. The molecule has 3 rings (SSSR count). The van der Waals surface area contributed by atoms with Gasteiger partial charge in [-0.2, -0.15) is 0 Å². The second kappa shape index (κ2) is 9.57. The van der Waals surface area contributed by atoms with Gasteiger partial charge in [-0.1, -0.05) is 53.5 Å². The zero-order valence-electron chi connectivity index (χ0n) is 16.1. The molecular formula is C23H18Cl2N2O3. The van der Waals surface area contributed by atoms with Gasteiger partial charge in [-0.15, -0.1) is 0 Å².